The highest BCUT2D eigenvalue weighted by Gasteiger charge is 2.37. The molecule has 0 spiro atoms. The first kappa shape index (κ1) is 23.2. The van der Waals surface area contributed by atoms with E-state index in [-0.39, 0.29) is 12.2 Å². The number of fused-ring (bicyclic) bond motifs is 3. The third-order valence-corrected chi connectivity index (χ3v) is 7.57. The summed E-state index contributed by atoms with van der Waals surface area (Å²) in [7, 11) is 0. The molecule has 182 valence electrons. The lowest BCUT2D eigenvalue weighted by Crippen LogP contribution is -2.53. The Morgan fingerprint density at radius 2 is 1.68 bits per heavy atom. The van der Waals surface area contributed by atoms with E-state index >= 15 is 0 Å². The minimum Gasteiger partial charge on any atom is -0.494 e. The molecule has 4 aliphatic heterocycles. The fraction of sp³-hybridized carbons (Fsp3) is 0.536. The Labute approximate surface area is 202 Å². The second-order valence-electron chi connectivity index (χ2n) is 10.5. The quantitative estimate of drug-likeness (QED) is 0.607. The third kappa shape index (κ3) is 5.39. The third-order valence-electron chi connectivity index (χ3n) is 7.57. The molecular weight excluding hydrogens is 428 g/mol. The van der Waals surface area contributed by atoms with Gasteiger partial charge in [-0.2, -0.15) is 0 Å². The molecule has 0 aromatic heterocycles. The van der Waals surface area contributed by atoms with Crippen molar-refractivity contribution in [3.8, 4) is 16.9 Å². The maximum atomic E-state index is 12.7. The number of carbonyl (C=O) groups is 1. The van der Waals surface area contributed by atoms with E-state index < -0.39 is 5.54 Å². The zero-order valence-electron chi connectivity index (χ0n) is 20.3. The second kappa shape index (κ2) is 9.96. The van der Waals surface area contributed by atoms with Crippen molar-refractivity contribution in [1.29, 1.82) is 0 Å². The van der Waals surface area contributed by atoms with Gasteiger partial charge in [-0.1, -0.05) is 36.4 Å². The molecule has 1 N–H and O–H groups in total. The lowest BCUT2D eigenvalue weighted by atomic mass is 9.86. The van der Waals surface area contributed by atoms with Gasteiger partial charge < -0.3 is 19.5 Å². The van der Waals surface area contributed by atoms with Crippen LogP contribution in [0.3, 0.4) is 0 Å². The first-order chi connectivity index (χ1) is 16.5. The topological polar surface area (TPSA) is 60.0 Å². The summed E-state index contributed by atoms with van der Waals surface area (Å²) >= 11 is 0. The van der Waals surface area contributed by atoms with Gasteiger partial charge in [-0.05, 0) is 80.9 Å². The van der Waals surface area contributed by atoms with Crippen molar-refractivity contribution in [3.63, 3.8) is 0 Å². The van der Waals surface area contributed by atoms with Gasteiger partial charge in [-0.15, -0.1) is 0 Å². The SMILES string of the molecule is CC(C)(NC(=O)OC1CN2CCC1CC2)c1ccc(-c2ccc(OCCC3COC3)cc2)cc1. The highest BCUT2D eigenvalue weighted by molar-refractivity contribution is 5.69. The predicted octanol–water partition coefficient (Wildman–Crippen LogP) is 4.82. The zero-order chi connectivity index (χ0) is 23.5. The summed E-state index contributed by atoms with van der Waals surface area (Å²) in [6.07, 6.45) is 2.99. The van der Waals surface area contributed by atoms with Crippen LogP contribution >= 0.6 is 0 Å². The van der Waals surface area contributed by atoms with Crippen LogP contribution in [0.25, 0.3) is 11.1 Å². The number of nitrogens with one attached hydrogen (secondary N) is 1. The first-order valence-electron chi connectivity index (χ1n) is 12.6. The molecule has 1 amide bonds. The van der Waals surface area contributed by atoms with E-state index in [1.165, 1.54) is 0 Å². The Morgan fingerprint density at radius 3 is 2.24 bits per heavy atom. The fourth-order valence-corrected chi connectivity index (χ4v) is 5.16. The smallest absolute Gasteiger partial charge is 0.408 e. The van der Waals surface area contributed by atoms with E-state index in [1.807, 2.05) is 26.0 Å². The summed E-state index contributed by atoms with van der Waals surface area (Å²) in [5, 5.41) is 3.08. The number of nitrogens with zero attached hydrogens (tertiary/aromatic N) is 1. The van der Waals surface area contributed by atoms with Crippen LogP contribution in [0.1, 0.15) is 38.7 Å². The largest absolute Gasteiger partial charge is 0.494 e. The van der Waals surface area contributed by atoms with Crippen LogP contribution in [-0.2, 0) is 15.0 Å². The van der Waals surface area contributed by atoms with Crippen molar-refractivity contribution in [2.24, 2.45) is 11.8 Å². The maximum Gasteiger partial charge on any atom is 0.408 e. The van der Waals surface area contributed by atoms with Gasteiger partial charge in [0.05, 0.1) is 25.4 Å². The van der Waals surface area contributed by atoms with Crippen LogP contribution in [-0.4, -0.2) is 56.6 Å². The standard InChI is InChI=1S/C28H36N2O4/c1-28(2,29-27(31)34-26-17-30-14-11-23(26)12-15-30)24-7-3-21(4-8-24)22-5-9-25(10-6-22)33-16-13-20-18-32-19-20/h3-10,20,23,26H,11-19H2,1-2H3,(H,29,31). The van der Waals surface area contributed by atoms with E-state index in [1.54, 1.807) is 0 Å². The highest BCUT2D eigenvalue weighted by Crippen LogP contribution is 2.30. The van der Waals surface area contributed by atoms with Crippen molar-refractivity contribution in [1.82, 2.24) is 10.2 Å². The van der Waals surface area contributed by atoms with Crippen LogP contribution in [0.4, 0.5) is 4.79 Å². The summed E-state index contributed by atoms with van der Waals surface area (Å²) in [4.78, 5) is 15.1. The summed E-state index contributed by atoms with van der Waals surface area (Å²) in [5.41, 5.74) is 2.79. The van der Waals surface area contributed by atoms with E-state index in [0.29, 0.717) is 11.8 Å². The monoisotopic (exact) mass is 464 g/mol. The second-order valence-corrected chi connectivity index (χ2v) is 10.5. The number of hydrogen-bond donors (Lipinski definition) is 1. The zero-order valence-corrected chi connectivity index (χ0v) is 20.3. The van der Waals surface area contributed by atoms with Gasteiger partial charge in [-0.3, -0.25) is 4.90 Å². The lowest BCUT2D eigenvalue weighted by molar-refractivity contribution is -0.0401. The number of hydrogen-bond acceptors (Lipinski definition) is 5. The summed E-state index contributed by atoms with van der Waals surface area (Å²) < 4.78 is 16.9. The minimum absolute atomic E-state index is 0.0138. The summed E-state index contributed by atoms with van der Waals surface area (Å²) in [5.74, 6) is 2.05. The molecule has 6 nitrogen and oxygen atoms in total. The van der Waals surface area contributed by atoms with Gasteiger partial charge >= 0.3 is 6.09 Å². The van der Waals surface area contributed by atoms with Crippen LogP contribution < -0.4 is 10.1 Å². The summed E-state index contributed by atoms with van der Waals surface area (Å²) in [6, 6.07) is 16.6. The van der Waals surface area contributed by atoms with E-state index in [0.717, 1.165) is 81.2 Å². The normalized spacial score (nSPS) is 24.4. The number of piperidine rings is 3. The van der Waals surface area contributed by atoms with Gasteiger partial charge in [0.25, 0.3) is 0 Å². The Balaban J connectivity index is 1.14. The molecule has 6 heteroatoms. The van der Waals surface area contributed by atoms with E-state index in [2.05, 4.69) is 46.6 Å². The van der Waals surface area contributed by atoms with Crippen LogP contribution in [0.5, 0.6) is 5.75 Å². The van der Waals surface area contributed by atoms with Crippen molar-refractivity contribution in [2.45, 2.75) is 44.8 Å². The number of carbonyl (C=O) groups excluding carboxylic acids is 1. The Bertz CT molecular complexity index is 961. The molecule has 2 bridgehead atoms. The molecular formula is C28H36N2O4. The van der Waals surface area contributed by atoms with Crippen LogP contribution in [0.15, 0.2) is 48.5 Å². The molecule has 1 unspecified atom stereocenters. The highest BCUT2D eigenvalue weighted by atomic mass is 16.6. The average Bonchev–Trinajstić information content (AvgIpc) is 2.81. The lowest BCUT2D eigenvalue weighted by Gasteiger charge is -2.44. The molecule has 4 fully saturated rings. The number of rotatable bonds is 8. The van der Waals surface area contributed by atoms with Gasteiger partial charge in [0.15, 0.2) is 0 Å². The Hall–Kier alpha value is -2.57. The molecule has 4 heterocycles. The number of benzene rings is 2. The molecule has 1 atom stereocenters. The number of ether oxygens (including phenoxy) is 3. The van der Waals surface area contributed by atoms with Gasteiger partial charge in [0.1, 0.15) is 11.9 Å². The molecule has 4 saturated heterocycles. The Morgan fingerprint density at radius 1 is 1.03 bits per heavy atom. The Kier molecular flexibility index (Phi) is 6.79. The fourth-order valence-electron chi connectivity index (χ4n) is 5.16. The number of amides is 1. The maximum absolute atomic E-state index is 12.7. The van der Waals surface area contributed by atoms with Crippen LogP contribution in [0, 0.1) is 11.8 Å². The molecule has 6 rings (SSSR count). The minimum atomic E-state index is -0.521. The molecule has 0 aliphatic carbocycles. The molecule has 34 heavy (non-hydrogen) atoms. The van der Waals surface area contributed by atoms with Crippen molar-refractivity contribution in [2.75, 3.05) is 39.5 Å². The molecule has 2 aromatic carbocycles. The van der Waals surface area contributed by atoms with Gasteiger partial charge in [0, 0.05) is 12.5 Å². The summed E-state index contributed by atoms with van der Waals surface area (Å²) in [6.45, 7) is 9.63. The molecule has 0 saturated carbocycles. The first-order valence-corrected chi connectivity index (χ1v) is 12.6. The molecule has 2 aromatic rings. The molecule has 4 aliphatic rings. The van der Waals surface area contributed by atoms with Crippen molar-refractivity contribution < 1.29 is 19.0 Å². The van der Waals surface area contributed by atoms with Crippen molar-refractivity contribution >= 4 is 6.09 Å². The molecule has 0 radical (unpaired) electrons. The number of alkyl carbamates (subject to hydrolysis) is 1. The van der Waals surface area contributed by atoms with Crippen LogP contribution in [0.2, 0.25) is 0 Å². The van der Waals surface area contributed by atoms with E-state index in [4.69, 9.17) is 14.2 Å². The van der Waals surface area contributed by atoms with Gasteiger partial charge in [0.2, 0.25) is 0 Å². The van der Waals surface area contributed by atoms with Gasteiger partial charge in [-0.25, -0.2) is 4.79 Å². The van der Waals surface area contributed by atoms with E-state index in [9.17, 15) is 4.79 Å². The predicted molar refractivity (Wildman–Crippen MR) is 132 cm³/mol. The van der Waals surface area contributed by atoms with Crippen molar-refractivity contribution in [3.05, 3.63) is 54.1 Å². The average molecular weight is 465 g/mol.